The molecule has 3 rings (SSSR count). The summed E-state index contributed by atoms with van der Waals surface area (Å²) in [7, 11) is 0. The van der Waals surface area contributed by atoms with Crippen molar-refractivity contribution in [2.24, 2.45) is 5.73 Å². The molecule has 2 N–H and O–H groups in total. The summed E-state index contributed by atoms with van der Waals surface area (Å²) in [5.74, 6) is 2.79. The lowest BCUT2D eigenvalue weighted by atomic mass is 9.91. The molecule has 24 heavy (non-hydrogen) atoms. The van der Waals surface area contributed by atoms with E-state index in [0.717, 1.165) is 43.1 Å². The molecule has 1 heterocycles. The molecule has 1 atom stereocenters. The molecule has 0 radical (unpaired) electrons. The predicted molar refractivity (Wildman–Crippen MR) is 94.9 cm³/mol. The van der Waals surface area contributed by atoms with Gasteiger partial charge in [0.05, 0.1) is 6.61 Å². The van der Waals surface area contributed by atoms with Crippen LogP contribution in [0.2, 0.25) is 0 Å². The van der Waals surface area contributed by atoms with Crippen LogP contribution in [0, 0.1) is 0 Å². The topological polar surface area (TPSA) is 53.7 Å². The first-order valence-corrected chi connectivity index (χ1v) is 8.61. The summed E-state index contributed by atoms with van der Waals surface area (Å²) < 4.78 is 16.7. The Morgan fingerprint density at radius 1 is 1.12 bits per heavy atom. The first-order chi connectivity index (χ1) is 11.8. The summed E-state index contributed by atoms with van der Waals surface area (Å²) >= 11 is 0. The van der Waals surface area contributed by atoms with Crippen LogP contribution in [0.1, 0.15) is 36.8 Å². The predicted octanol–water partition coefficient (Wildman–Crippen LogP) is 3.88. The molecule has 1 aliphatic heterocycles. The molecule has 0 saturated carbocycles. The van der Waals surface area contributed by atoms with Crippen molar-refractivity contribution >= 4 is 0 Å². The van der Waals surface area contributed by atoms with Gasteiger partial charge in [-0.1, -0.05) is 31.5 Å². The molecule has 1 aliphatic rings. The minimum Gasteiger partial charge on any atom is -0.494 e. The molecule has 0 bridgehead atoms. The normalized spacial score (nSPS) is 13.8. The second-order valence-corrected chi connectivity index (χ2v) is 6.10. The largest absolute Gasteiger partial charge is 0.494 e. The lowest BCUT2D eigenvalue weighted by Gasteiger charge is -2.16. The van der Waals surface area contributed by atoms with Crippen LogP contribution in [-0.4, -0.2) is 19.9 Å². The SMILES string of the molecule is CCCCOc1cccc(CC(CN)c2ccc3c(c2)OCO3)c1. The molecule has 128 valence electrons. The van der Waals surface area contributed by atoms with Gasteiger partial charge in [-0.05, 0) is 54.8 Å². The quantitative estimate of drug-likeness (QED) is 0.748. The fourth-order valence-corrected chi connectivity index (χ4v) is 2.89. The Morgan fingerprint density at radius 2 is 2.00 bits per heavy atom. The first kappa shape index (κ1) is 16.7. The van der Waals surface area contributed by atoms with Gasteiger partial charge < -0.3 is 19.9 Å². The molecule has 0 fully saturated rings. The van der Waals surface area contributed by atoms with Gasteiger partial charge in [-0.25, -0.2) is 0 Å². The van der Waals surface area contributed by atoms with Crippen molar-refractivity contribution in [3.63, 3.8) is 0 Å². The number of nitrogens with two attached hydrogens (primary N) is 1. The van der Waals surface area contributed by atoms with Gasteiger partial charge in [0.25, 0.3) is 0 Å². The van der Waals surface area contributed by atoms with Gasteiger partial charge in [-0.15, -0.1) is 0 Å². The Labute approximate surface area is 143 Å². The standard InChI is InChI=1S/C20H25NO3/c1-2-3-9-22-18-6-4-5-15(11-18)10-17(13-21)16-7-8-19-20(12-16)24-14-23-19/h4-8,11-12,17H,2-3,9-10,13-14,21H2,1H3. The molecule has 0 aromatic heterocycles. The highest BCUT2D eigenvalue weighted by Crippen LogP contribution is 2.35. The third-order valence-electron chi connectivity index (χ3n) is 4.30. The molecule has 4 nitrogen and oxygen atoms in total. The van der Waals surface area contributed by atoms with Crippen molar-refractivity contribution in [3.05, 3.63) is 53.6 Å². The van der Waals surface area contributed by atoms with E-state index in [1.807, 2.05) is 24.3 Å². The number of hydrogen-bond acceptors (Lipinski definition) is 4. The van der Waals surface area contributed by atoms with Crippen molar-refractivity contribution in [2.45, 2.75) is 32.1 Å². The molecule has 0 aliphatic carbocycles. The third kappa shape index (κ3) is 4.01. The summed E-state index contributed by atoms with van der Waals surface area (Å²) in [4.78, 5) is 0. The number of benzene rings is 2. The van der Waals surface area contributed by atoms with Crippen LogP contribution < -0.4 is 19.9 Å². The van der Waals surface area contributed by atoms with Crippen molar-refractivity contribution in [3.8, 4) is 17.2 Å². The van der Waals surface area contributed by atoms with Crippen LogP contribution in [0.5, 0.6) is 17.2 Å². The molecular formula is C20H25NO3. The van der Waals surface area contributed by atoms with Gasteiger partial charge in [-0.3, -0.25) is 0 Å². The van der Waals surface area contributed by atoms with Crippen LogP contribution >= 0.6 is 0 Å². The van der Waals surface area contributed by atoms with E-state index in [1.54, 1.807) is 0 Å². The average molecular weight is 327 g/mol. The minimum atomic E-state index is 0.241. The zero-order valence-corrected chi connectivity index (χ0v) is 14.2. The van der Waals surface area contributed by atoms with Crippen LogP contribution in [0.15, 0.2) is 42.5 Å². The zero-order chi connectivity index (χ0) is 16.8. The second kappa shape index (κ2) is 8.06. The van der Waals surface area contributed by atoms with Crippen molar-refractivity contribution in [1.29, 1.82) is 0 Å². The molecule has 0 saturated heterocycles. The number of rotatable bonds is 8. The number of unbranched alkanes of at least 4 members (excludes halogenated alkanes) is 1. The van der Waals surface area contributed by atoms with Crippen molar-refractivity contribution in [2.75, 3.05) is 19.9 Å². The van der Waals surface area contributed by atoms with E-state index in [1.165, 1.54) is 11.1 Å². The molecule has 2 aromatic rings. The smallest absolute Gasteiger partial charge is 0.231 e. The Morgan fingerprint density at radius 3 is 2.83 bits per heavy atom. The maximum absolute atomic E-state index is 6.03. The highest BCUT2D eigenvalue weighted by Gasteiger charge is 2.17. The lowest BCUT2D eigenvalue weighted by molar-refractivity contribution is 0.174. The van der Waals surface area contributed by atoms with Crippen LogP contribution in [-0.2, 0) is 6.42 Å². The van der Waals surface area contributed by atoms with Gasteiger partial charge >= 0.3 is 0 Å². The van der Waals surface area contributed by atoms with Gasteiger partial charge in [0.15, 0.2) is 11.5 Å². The molecule has 1 unspecified atom stereocenters. The summed E-state index contributed by atoms with van der Waals surface area (Å²) in [5, 5.41) is 0. The molecule has 4 heteroatoms. The number of hydrogen-bond donors (Lipinski definition) is 1. The van der Waals surface area contributed by atoms with E-state index < -0.39 is 0 Å². The summed E-state index contributed by atoms with van der Waals surface area (Å²) in [5.41, 5.74) is 8.44. The van der Waals surface area contributed by atoms with E-state index in [4.69, 9.17) is 19.9 Å². The number of ether oxygens (including phenoxy) is 3. The van der Waals surface area contributed by atoms with Gasteiger partial charge in [0.2, 0.25) is 6.79 Å². The highest BCUT2D eigenvalue weighted by molar-refractivity contribution is 5.46. The maximum atomic E-state index is 6.03. The van der Waals surface area contributed by atoms with Gasteiger partial charge in [0, 0.05) is 5.92 Å². The summed E-state index contributed by atoms with van der Waals surface area (Å²) in [6.45, 7) is 3.81. The van der Waals surface area contributed by atoms with Crippen LogP contribution in [0.25, 0.3) is 0 Å². The van der Waals surface area contributed by atoms with E-state index in [0.29, 0.717) is 13.3 Å². The second-order valence-electron chi connectivity index (χ2n) is 6.10. The fraction of sp³-hybridized carbons (Fsp3) is 0.400. The van der Waals surface area contributed by atoms with Gasteiger partial charge in [-0.2, -0.15) is 0 Å². The molecule has 2 aromatic carbocycles. The van der Waals surface area contributed by atoms with Crippen LogP contribution in [0.4, 0.5) is 0 Å². The van der Waals surface area contributed by atoms with Crippen molar-refractivity contribution in [1.82, 2.24) is 0 Å². The molecular weight excluding hydrogens is 302 g/mol. The summed E-state index contributed by atoms with van der Waals surface area (Å²) in [6.07, 6.45) is 3.09. The zero-order valence-electron chi connectivity index (χ0n) is 14.2. The van der Waals surface area contributed by atoms with E-state index in [2.05, 4.69) is 25.1 Å². The van der Waals surface area contributed by atoms with Gasteiger partial charge in [0.1, 0.15) is 5.75 Å². The Hall–Kier alpha value is -2.20. The Bertz CT molecular complexity index is 672. The molecule has 0 amide bonds. The third-order valence-corrected chi connectivity index (χ3v) is 4.30. The number of fused-ring (bicyclic) bond motifs is 1. The fourth-order valence-electron chi connectivity index (χ4n) is 2.89. The van der Waals surface area contributed by atoms with E-state index >= 15 is 0 Å². The first-order valence-electron chi connectivity index (χ1n) is 8.61. The lowest BCUT2D eigenvalue weighted by Crippen LogP contribution is -2.15. The van der Waals surface area contributed by atoms with E-state index in [9.17, 15) is 0 Å². The average Bonchev–Trinajstić information content (AvgIpc) is 3.08. The maximum Gasteiger partial charge on any atom is 0.231 e. The van der Waals surface area contributed by atoms with Crippen molar-refractivity contribution < 1.29 is 14.2 Å². The molecule has 0 spiro atoms. The Balaban J connectivity index is 1.70. The van der Waals surface area contributed by atoms with Crippen LogP contribution in [0.3, 0.4) is 0 Å². The van der Waals surface area contributed by atoms with E-state index in [-0.39, 0.29) is 5.92 Å². The summed E-state index contributed by atoms with van der Waals surface area (Å²) in [6, 6.07) is 14.4. The monoisotopic (exact) mass is 327 g/mol. The highest BCUT2D eigenvalue weighted by atomic mass is 16.7. The minimum absolute atomic E-state index is 0.241. The Kier molecular flexibility index (Phi) is 5.59.